The third-order valence-corrected chi connectivity index (χ3v) is 4.50. The van der Waals surface area contributed by atoms with Crippen LogP contribution in [0.3, 0.4) is 0 Å². The van der Waals surface area contributed by atoms with Crippen molar-refractivity contribution in [2.24, 2.45) is 0 Å². The van der Waals surface area contributed by atoms with Crippen molar-refractivity contribution in [3.05, 3.63) is 77.2 Å². The second-order valence-electron chi connectivity index (χ2n) is 6.53. The standard InChI is InChI=1S/C22H24N4O2/c1-15-5-4-6-16(2)21(15)26-22(27)19-13-20(25-14-24-19)23-12-11-17-7-9-18(28-3)10-8-17/h4-10,13-14H,11-12H2,1-3H3,(H,26,27)(H,23,24,25). The summed E-state index contributed by atoms with van der Waals surface area (Å²) in [6, 6.07) is 15.5. The lowest BCUT2D eigenvalue weighted by molar-refractivity contribution is 0.102. The fourth-order valence-corrected chi connectivity index (χ4v) is 2.89. The number of methoxy groups -OCH3 is 1. The van der Waals surface area contributed by atoms with Gasteiger partial charge in [0, 0.05) is 18.3 Å². The molecule has 6 heteroatoms. The van der Waals surface area contributed by atoms with Crippen LogP contribution in [0.5, 0.6) is 5.75 Å². The molecule has 1 aromatic heterocycles. The first-order valence-electron chi connectivity index (χ1n) is 9.13. The molecule has 144 valence electrons. The van der Waals surface area contributed by atoms with E-state index < -0.39 is 0 Å². The topological polar surface area (TPSA) is 76.1 Å². The largest absolute Gasteiger partial charge is 0.497 e. The number of rotatable bonds is 7. The fourth-order valence-electron chi connectivity index (χ4n) is 2.89. The third kappa shape index (κ3) is 4.85. The van der Waals surface area contributed by atoms with Gasteiger partial charge in [-0.15, -0.1) is 0 Å². The van der Waals surface area contributed by atoms with E-state index in [9.17, 15) is 4.79 Å². The predicted octanol–water partition coefficient (Wildman–Crippen LogP) is 4.01. The highest BCUT2D eigenvalue weighted by atomic mass is 16.5. The minimum Gasteiger partial charge on any atom is -0.497 e. The zero-order valence-electron chi connectivity index (χ0n) is 16.3. The highest BCUT2D eigenvalue weighted by Crippen LogP contribution is 2.20. The molecule has 0 atom stereocenters. The lowest BCUT2D eigenvalue weighted by atomic mass is 10.1. The first-order valence-corrected chi connectivity index (χ1v) is 9.13. The molecule has 3 aromatic rings. The molecular formula is C22H24N4O2. The summed E-state index contributed by atoms with van der Waals surface area (Å²) in [6.07, 6.45) is 2.23. The van der Waals surface area contributed by atoms with E-state index in [4.69, 9.17) is 4.74 Å². The van der Waals surface area contributed by atoms with E-state index in [1.165, 1.54) is 11.9 Å². The predicted molar refractivity (Wildman–Crippen MR) is 111 cm³/mol. The molecule has 0 aliphatic carbocycles. The molecule has 1 heterocycles. The van der Waals surface area contributed by atoms with Crippen LogP contribution in [-0.2, 0) is 6.42 Å². The maximum atomic E-state index is 12.6. The van der Waals surface area contributed by atoms with Gasteiger partial charge in [0.2, 0.25) is 0 Å². The number of nitrogens with one attached hydrogen (secondary N) is 2. The number of carbonyl (C=O) groups excluding carboxylic acids is 1. The molecule has 0 unspecified atom stereocenters. The van der Waals surface area contributed by atoms with Gasteiger partial charge < -0.3 is 15.4 Å². The zero-order valence-corrected chi connectivity index (χ0v) is 16.3. The summed E-state index contributed by atoms with van der Waals surface area (Å²) in [4.78, 5) is 20.9. The number of ether oxygens (including phenoxy) is 1. The Labute approximate surface area is 165 Å². The van der Waals surface area contributed by atoms with Gasteiger partial charge in [-0.1, -0.05) is 30.3 Å². The molecule has 1 amide bonds. The van der Waals surface area contributed by atoms with Crippen molar-refractivity contribution in [1.82, 2.24) is 9.97 Å². The van der Waals surface area contributed by atoms with Crippen molar-refractivity contribution in [3.63, 3.8) is 0 Å². The van der Waals surface area contributed by atoms with Crippen molar-refractivity contribution in [2.45, 2.75) is 20.3 Å². The van der Waals surface area contributed by atoms with Gasteiger partial charge in [0.05, 0.1) is 7.11 Å². The number of hydrogen-bond donors (Lipinski definition) is 2. The Morgan fingerprint density at radius 3 is 2.43 bits per heavy atom. The maximum Gasteiger partial charge on any atom is 0.274 e. The summed E-state index contributed by atoms with van der Waals surface area (Å²) in [7, 11) is 1.65. The highest BCUT2D eigenvalue weighted by Gasteiger charge is 2.12. The van der Waals surface area contributed by atoms with Crippen LogP contribution in [0.4, 0.5) is 11.5 Å². The maximum absolute atomic E-state index is 12.6. The third-order valence-electron chi connectivity index (χ3n) is 4.50. The molecule has 0 aliphatic heterocycles. The van der Waals surface area contributed by atoms with Crippen LogP contribution >= 0.6 is 0 Å². The van der Waals surface area contributed by atoms with Gasteiger partial charge in [0.15, 0.2) is 0 Å². The van der Waals surface area contributed by atoms with Gasteiger partial charge >= 0.3 is 0 Å². The van der Waals surface area contributed by atoms with Gasteiger partial charge in [0.1, 0.15) is 23.6 Å². The van der Waals surface area contributed by atoms with Crippen LogP contribution in [0, 0.1) is 13.8 Å². The number of para-hydroxylation sites is 1. The number of amides is 1. The van der Waals surface area contributed by atoms with Gasteiger partial charge in [-0.25, -0.2) is 9.97 Å². The second kappa shape index (κ2) is 8.99. The number of nitrogens with zero attached hydrogens (tertiary/aromatic N) is 2. The van der Waals surface area contributed by atoms with Crippen LogP contribution in [0.15, 0.2) is 54.9 Å². The average molecular weight is 376 g/mol. The monoisotopic (exact) mass is 376 g/mol. The molecule has 2 N–H and O–H groups in total. The van der Waals surface area contributed by atoms with Crippen molar-refractivity contribution in [1.29, 1.82) is 0 Å². The Balaban J connectivity index is 1.60. The number of aromatic nitrogens is 2. The minimum absolute atomic E-state index is 0.252. The zero-order chi connectivity index (χ0) is 19.9. The van der Waals surface area contributed by atoms with Crippen molar-refractivity contribution in [3.8, 4) is 5.75 Å². The first kappa shape index (κ1) is 19.4. The number of hydrogen-bond acceptors (Lipinski definition) is 5. The van der Waals surface area contributed by atoms with Crippen LogP contribution < -0.4 is 15.4 Å². The van der Waals surface area contributed by atoms with E-state index in [0.29, 0.717) is 18.1 Å². The van der Waals surface area contributed by atoms with Crippen LogP contribution in [0.2, 0.25) is 0 Å². The molecule has 0 aliphatic rings. The summed E-state index contributed by atoms with van der Waals surface area (Å²) >= 11 is 0. The second-order valence-corrected chi connectivity index (χ2v) is 6.53. The van der Waals surface area contributed by atoms with Gasteiger partial charge in [0.25, 0.3) is 5.91 Å². The molecule has 0 saturated carbocycles. The molecule has 6 nitrogen and oxygen atoms in total. The molecule has 0 bridgehead atoms. The normalized spacial score (nSPS) is 10.4. The SMILES string of the molecule is COc1ccc(CCNc2cc(C(=O)Nc3c(C)cccc3C)ncn2)cc1. The van der Waals surface area contributed by atoms with E-state index in [0.717, 1.165) is 29.0 Å². The molecule has 0 saturated heterocycles. The Hall–Kier alpha value is -3.41. The van der Waals surface area contributed by atoms with Gasteiger partial charge in [-0.3, -0.25) is 4.79 Å². The minimum atomic E-state index is -0.252. The van der Waals surface area contributed by atoms with Gasteiger partial charge in [-0.05, 0) is 49.1 Å². The van der Waals surface area contributed by atoms with Crippen molar-refractivity contribution < 1.29 is 9.53 Å². The number of aryl methyl sites for hydroxylation is 2. The fraction of sp³-hybridized carbons (Fsp3) is 0.227. The molecule has 28 heavy (non-hydrogen) atoms. The van der Waals surface area contributed by atoms with E-state index in [1.54, 1.807) is 13.2 Å². The molecule has 2 aromatic carbocycles. The van der Waals surface area contributed by atoms with E-state index in [1.807, 2.05) is 56.3 Å². The Kier molecular flexibility index (Phi) is 6.22. The number of benzene rings is 2. The smallest absolute Gasteiger partial charge is 0.274 e. The highest BCUT2D eigenvalue weighted by molar-refractivity contribution is 6.04. The summed E-state index contributed by atoms with van der Waals surface area (Å²) < 4.78 is 5.17. The molecule has 0 spiro atoms. The summed E-state index contributed by atoms with van der Waals surface area (Å²) in [5.41, 5.74) is 4.36. The summed E-state index contributed by atoms with van der Waals surface area (Å²) in [5.74, 6) is 1.21. The Morgan fingerprint density at radius 1 is 1.04 bits per heavy atom. The number of carbonyl (C=O) groups is 1. The van der Waals surface area contributed by atoms with Gasteiger partial charge in [-0.2, -0.15) is 0 Å². The quantitative estimate of drug-likeness (QED) is 0.652. The van der Waals surface area contributed by atoms with Crippen molar-refractivity contribution in [2.75, 3.05) is 24.3 Å². The Morgan fingerprint density at radius 2 is 1.75 bits per heavy atom. The van der Waals surface area contributed by atoms with E-state index >= 15 is 0 Å². The van der Waals surface area contributed by atoms with Crippen LogP contribution in [-0.4, -0.2) is 29.5 Å². The average Bonchev–Trinajstić information content (AvgIpc) is 2.71. The molecule has 3 rings (SSSR count). The Bertz CT molecular complexity index is 935. The summed E-state index contributed by atoms with van der Waals surface area (Å²) in [6.45, 7) is 4.63. The lowest BCUT2D eigenvalue weighted by Gasteiger charge is -2.11. The van der Waals surface area contributed by atoms with E-state index in [-0.39, 0.29) is 5.91 Å². The number of anilines is 2. The lowest BCUT2D eigenvalue weighted by Crippen LogP contribution is -2.16. The molecular weight excluding hydrogens is 352 g/mol. The van der Waals surface area contributed by atoms with Crippen molar-refractivity contribution >= 4 is 17.4 Å². The first-order chi connectivity index (χ1) is 13.6. The van der Waals surface area contributed by atoms with Crippen LogP contribution in [0.25, 0.3) is 0 Å². The van der Waals surface area contributed by atoms with Crippen LogP contribution in [0.1, 0.15) is 27.2 Å². The summed E-state index contributed by atoms with van der Waals surface area (Å²) in [5, 5.41) is 6.19. The van der Waals surface area contributed by atoms with E-state index in [2.05, 4.69) is 20.6 Å². The molecule has 0 fully saturated rings. The molecule has 0 radical (unpaired) electrons.